The van der Waals surface area contributed by atoms with Gasteiger partial charge in [-0.15, -0.1) is 0 Å². The monoisotopic (exact) mass is 280 g/mol. The van der Waals surface area contributed by atoms with Crippen LogP contribution in [0.1, 0.15) is 24.3 Å². The van der Waals surface area contributed by atoms with Gasteiger partial charge < -0.3 is 9.47 Å². The number of aromatic nitrogens is 1. The Morgan fingerprint density at radius 3 is 2.33 bits per heavy atom. The van der Waals surface area contributed by atoms with Crippen molar-refractivity contribution in [3.8, 4) is 0 Å². The number of amides is 1. The molecule has 7 heteroatoms. The van der Waals surface area contributed by atoms with E-state index in [0.29, 0.717) is 13.1 Å². The Morgan fingerprint density at radius 1 is 1.33 bits per heavy atom. The van der Waals surface area contributed by atoms with Crippen molar-refractivity contribution in [3.63, 3.8) is 0 Å². The van der Waals surface area contributed by atoms with E-state index in [1.54, 1.807) is 4.90 Å². The third kappa shape index (κ3) is 3.44. The van der Waals surface area contributed by atoms with Gasteiger partial charge in [0.1, 0.15) is 5.69 Å². The Labute approximate surface area is 108 Å². The summed E-state index contributed by atoms with van der Waals surface area (Å²) in [6, 6.07) is 2.74. The summed E-state index contributed by atoms with van der Waals surface area (Å²) in [4.78, 5) is 13.6. The molecule has 0 unspecified atom stereocenters. The summed E-state index contributed by atoms with van der Waals surface area (Å²) in [5.74, 6) is -0.253. The molecule has 0 bridgehead atoms. The lowest BCUT2D eigenvalue weighted by atomic mass is 10.3. The van der Waals surface area contributed by atoms with E-state index in [9.17, 15) is 18.0 Å². The van der Waals surface area contributed by atoms with Crippen LogP contribution in [-0.4, -0.2) is 34.0 Å². The number of carbonyl (C=O) groups excluding carboxylic acids is 1. The molecule has 0 saturated carbocycles. The average Bonchev–Trinajstić information content (AvgIpc) is 2.60. The van der Waals surface area contributed by atoms with Gasteiger partial charge in [-0.3, -0.25) is 4.79 Å². The lowest BCUT2D eigenvalue weighted by Crippen LogP contribution is -2.31. The van der Waals surface area contributed by atoms with Crippen LogP contribution in [0.25, 0.3) is 0 Å². The summed E-state index contributed by atoms with van der Waals surface area (Å²) in [6.45, 7) is 4.72. The number of hydrogen-bond donors (Lipinski definition) is 0. The molecule has 1 aromatic rings. The first-order valence-electron chi connectivity index (χ1n) is 5.50. The lowest BCUT2D eigenvalue weighted by molar-refractivity contribution is -0.0330. The molecule has 0 aromatic carbocycles. The van der Waals surface area contributed by atoms with E-state index in [1.165, 1.54) is 23.7 Å². The number of alkyl halides is 3. The summed E-state index contributed by atoms with van der Waals surface area (Å²) < 4.78 is 38.1. The fourth-order valence-corrected chi connectivity index (χ4v) is 2.21. The molecule has 0 N–H and O–H groups in total. The van der Waals surface area contributed by atoms with Crippen molar-refractivity contribution < 1.29 is 18.0 Å². The van der Waals surface area contributed by atoms with Gasteiger partial charge >= 0.3 is 5.51 Å². The van der Waals surface area contributed by atoms with E-state index in [0.717, 1.165) is 0 Å². The first kappa shape index (κ1) is 14.9. The first-order valence-corrected chi connectivity index (χ1v) is 6.32. The zero-order chi connectivity index (χ0) is 13.9. The van der Waals surface area contributed by atoms with Crippen LogP contribution in [0.4, 0.5) is 13.2 Å². The number of nitrogens with zero attached hydrogens (tertiary/aromatic N) is 2. The first-order chi connectivity index (χ1) is 8.30. The Kier molecular flexibility index (Phi) is 4.72. The molecule has 0 aliphatic heterocycles. The van der Waals surface area contributed by atoms with E-state index < -0.39 is 5.51 Å². The highest BCUT2D eigenvalue weighted by molar-refractivity contribution is 8.00. The molecule has 1 rings (SSSR count). The van der Waals surface area contributed by atoms with Gasteiger partial charge in [-0.05, 0) is 26.0 Å². The molecule has 0 spiro atoms. The molecule has 0 saturated heterocycles. The van der Waals surface area contributed by atoms with Gasteiger partial charge in [0.25, 0.3) is 5.91 Å². The summed E-state index contributed by atoms with van der Waals surface area (Å²) in [6.07, 6.45) is 0. The van der Waals surface area contributed by atoms with Crippen LogP contribution >= 0.6 is 11.8 Å². The molecular weight excluding hydrogens is 265 g/mol. The van der Waals surface area contributed by atoms with Crippen LogP contribution in [0.15, 0.2) is 17.2 Å². The molecule has 0 aliphatic rings. The van der Waals surface area contributed by atoms with Gasteiger partial charge in [0.05, 0.1) is 5.03 Å². The minimum absolute atomic E-state index is 0.0120. The summed E-state index contributed by atoms with van der Waals surface area (Å²) in [5, 5.41) is 0.0120. The van der Waals surface area contributed by atoms with Crippen molar-refractivity contribution in [2.45, 2.75) is 24.4 Å². The quantitative estimate of drug-likeness (QED) is 0.792. The van der Waals surface area contributed by atoms with Crippen LogP contribution in [0.3, 0.4) is 0 Å². The van der Waals surface area contributed by atoms with Crippen molar-refractivity contribution in [2.24, 2.45) is 7.05 Å². The molecular formula is C11H15F3N2OS. The Balaban J connectivity index is 2.96. The van der Waals surface area contributed by atoms with Crippen molar-refractivity contribution in [1.82, 2.24) is 9.47 Å². The van der Waals surface area contributed by atoms with Gasteiger partial charge in [-0.1, -0.05) is 0 Å². The van der Waals surface area contributed by atoms with Crippen LogP contribution in [0, 0.1) is 0 Å². The van der Waals surface area contributed by atoms with Gasteiger partial charge in [0.2, 0.25) is 0 Å². The Hall–Kier alpha value is -1.11. The summed E-state index contributed by atoms with van der Waals surface area (Å²) in [7, 11) is 1.46. The highest BCUT2D eigenvalue weighted by Gasteiger charge is 2.31. The normalized spacial score (nSPS) is 11.7. The van der Waals surface area contributed by atoms with Crippen LogP contribution in [-0.2, 0) is 7.05 Å². The van der Waals surface area contributed by atoms with Gasteiger partial charge in [-0.25, -0.2) is 0 Å². The van der Waals surface area contributed by atoms with Crippen molar-refractivity contribution in [1.29, 1.82) is 0 Å². The van der Waals surface area contributed by atoms with Crippen molar-refractivity contribution >= 4 is 17.7 Å². The molecule has 1 aromatic heterocycles. The molecule has 1 heterocycles. The van der Waals surface area contributed by atoms with Crippen LogP contribution in [0.2, 0.25) is 0 Å². The lowest BCUT2D eigenvalue weighted by Gasteiger charge is -2.19. The largest absolute Gasteiger partial charge is 0.447 e. The minimum Gasteiger partial charge on any atom is -0.338 e. The predicted octanol–water partition coefficient (Wildman–Crippen LogP) is 3.12. The highest BCUT2D eigenvalue weighted by atomic mass is 32.2. The molecule has 0 aliphatic carbocycles. The average molecular weight is 280 g/mol. The van der Waals surface area contributed by atoms with Crippen molar-refractivity contribution in [3.05, 3.63) is 17.8 Å². The summed E-state index contributed by atoms with van der Waals surface area (Å²) >= 11 is -0.215. The SMILES string of the molecule is CCN(CC)C(=O)c1ccc(SC(F)(F)F)n1C. The maximum absolute atomic E-state index is 12.3. The maximum Gasteiger partial charge on any atom is 0.447 e. The van der Waals surface area contributed by atoms with Gasteiger partial charge in [0, 0.05) is 31.9 Å². The number of rotatable bonds is 4. The number of hydrogen-bond acceptors (Lipinski definition) is 2. The van der Waals surface area contributed by atoms with E-state index in [2.05, 4.69) is 0 Å². The van der Waals surface area contributed by atoms with Gasteiger partial charge in [-0.2, -0.15) is 13.2 Å². The molecule has 3 nitrogen and oxygen atoms in total. The Morgan fingerprint density at radius 2 is 1.89 bits per heavy atom. The molecule has 0 radical (unpaired) electrons. The zero-order valence-electron chi connectivity index (χ0n) is 10.4. The number of halogens is 3. The van der Waals surface area contributed by atoms with Crippen LogP contribution in [0.5, 0.6) is 0 Å². The molecule has 0 atom stereocenters. The standard InChI is InChI=1S/C11H15F3N2OS/c1-4-16(5-2)10(17)8-6-7-9(15(8)3)18-11(12,13)14/h6-7H,4-5H2,1-3H3. The van der Waals surface area contributed by atoms with E-state index in [1.807, 2.05) is 13.8 Å². The molecule has 0 fully saturated rings. The predicted molar refractivity (Wildman–Crippen MR) is 64.6 cm³/mol. The third-order valence-electron chi connectivity index (χ3n) is 2.57. The number of carbonyl (C=O) groups is 1. The fraction of sp³-hybridized carbons (Fsp3) is 0.545. The molecule has 102 valence electrons. The second-order valence-electron chi connectivity index (χ2n) is 3.64. The van der Waals surface area contributed by atoms with Crippen LogP contribution < -0.4 is 0 Å². The highest BCUT2D eigenvalue weighted by Crippen LogP contribution is 2.37. The maximum atomic E-state index is 12.3. The molecule has 1 amide bonds. The van der Waals surface area contributed by atoms with Crippen molar-refractivity contribution in [2.75, 3.05) is 13.1 Å². The second-order valence-corrected chi connectivity index (χ2v) is 4.73. The minimum atomic E-state index is -4.35. The Bertz CT molecular complexity index is 424. The molecule has 18 heavy (non-hydrogen) atoms. The van der Waals surface area contributed by atoms with E-state index in [4.69, 9.17) is 0 Å². The number of thioether (sulfide) groups is 1. The third-order valence-corrected chi connectivity index (χ3v) is 3.42. The second kappa shape index (κ2) is 5.69. The zero-order valence-corrected chi connectivity index (χ0v) is 11.2. The van der Waals surface area contributed by atoms with E-state index in [-0.39, 0.29) is 28.4 Å². The fourth-order valence-electron chi connectivity index (χ4n) is 1.60. The topological polar surface area (TPSA) is 25.2 Å². The van der Waals surface area contributed by atoms with Gasteiger partial charge in [0.15, 0.2) is 0 Å². The summed E-state index contributed by atoms with van der Waals surface area (Å²) in [5.41, 5.74) is -4.08. The van der Waals surface area contributed by atoms with E-state index >= 15 is 0 Å². The smallest absolute Gasteiger partial charge is 0.338 e.